The molecule has 0 aliphatic heterocycles. The second kappa shape index (κ2) is 5.92. The maximum absolute atomic E-state index is 10.9. The third-order valence-electron chi connectivity index (χ3n) is 2.94. The van der Waals surface area contributed by atoms with Gasteiger partial charge in [-0.2, -0.15) is 0 Å². The number of aliphatic carboxylic acids is 1. The third-order valence-corrected chi connectivity index (χ3v) is 4.24. The molecule has 0 saturated carbocycles. The Morgan fingerprint density at radius 3 is 2.60 bits per heavy atom. The van der Waals surface area contributed by atoms with Crippen molar-refractivity contribution in [1.82, 2.24) is 4.98 Å². The summed E-state index contributed by atoms with van der Waals surface area (Å²) in [6.07, 6.45) is 0.0659. The molecule has 6 heteroatoms. The molecule has 0 radical (unpaired) electrons. The fraction of sp³-hybridized carbons (Fsp3) is 0.286. The Kier molecular flexibility index (Phi) is 4.24. The number of carbonyl (C=O) groups is 1. The summed E-state index contributed by atoms with van der Waals surface area (Å²) in [5, 5.41) is 22.0. The van der Waals surface area contributed by atoms with Crippen LogP contribution in [0, 0.1) is 0 Å². The van der Waals surface area contributed by atoms with Crippen molar-refractivity contribution in [1.29, 1.82) is 0 Å². The summed E-state index contributed by atoms with van der Waals surface area (Å²) in [4.78, 5) is 16.3. The highest BCUT2D eigenvalue weighted by atomic mass is 32.1. The van der Waals surface area contributed by atoms with Crippen molar-refractivity contribution in [2.45, 2.75) is 19.3 Å². The van der Waals surface area contributed by atoms with Crippen molar-refractivity contribution >= 4 is 22.4 Å². The van der Waals surface area contributed by atoms with Gasteiger partial charge in [-0.1, -0.05) is 6.92 Å². The van der Waals surface area contributed by atoms with E-state index >= 15 is 0 Å². The summed E-state index contributed by atoms with van der Waals surface area (Å²) in [6, 6.07) is 6.75. The predicted octanol–water partition coefficient (Wildman–Crippen LogP) is 3.14. The first kappa shape index (κ1) is 14.3. The Bertz CT molecular complexity index is 607. The van der Waals surface area contributed by atoms with Crippen molar-refractivity contribution in [3.8, 4) is 17.0 Å². The van der Waals surface area contributed by atoms with Crippen LogP contribution in [0.1, 0.15) is 24.1 Å². The van der Waals surface area contributed by atoms with Gasteiger partial charge in [0.1, 0.15) is 5.75 Å². The van der Waals surface area contributed by atoms with E-state index in [-0.39, 0.29) is 18.1 Å². The van der Waals surface area contributed by atoms with E-state index < -0.39 is 5.97 Å². The molecule has 1 aromatic heterocycles. The molecule has 3 N–H and O–H groups in total. The van der Waals surface area contributed by atoms with E-state index in [1.165, 1.54) is 11.3 Å². The van der Waals surface area contributed by atoms with Gasteiger partial charge in [-0.25, -0.2) is 4.98 Å². The van der Waals surface area contributed by atoms with Gasteiger partial charge in [0.25, 0.3) is 0 Å². The van der Waals surface area contributed by atoms with Crippen molar-refractivity contribution < 1.29 is 15.0 Å². The number of rotatable bonds is 5. The normalized spacial score (nSPS) is 12.1. The van der Waals surface area contributed by atoms with E-state index in [0.29, 0.717) is 0 Å². The fourth-order valence-electron chi connectivity index (χ4n) is 1.95. The number of anilines is 1. The van der Waals surface area contributed by atoms with Crippen LogP contribution in [-0.4, -0.2) is 28.2 Å². The van der Waals surface area contributed by atoms with Gasteiger partial charge in [-0.15, -0.1) is 11.3 Å². The monoisotopic (exact) mass is 292 g/mol. The lowest BCUT2D eigenvalue weighted by molar-refractivity contribution is -0.137. The molecule has 1 atom stereocenters. The van der Waals surface area contributed by atoms with Crippen LogP contribution in [-0.2, 0) is 4.79 Å². The molecule has 0 bridgehead atoms. The summed E-state index contributed by atoms with van der Waals surface area (Å²) >= 11 is 1.46. The maximum atomic E-state index is 10.9. The topological polar surface area (TPSA) is 82.5 Å². The number of aromatic hydroxyl groups is 1. The van der Waals surface area contributed by atoms with E-state index in [1.54, 1.807) is 31.3 Å². The van der Waals surface area contributed by atoms with Crippen molar-refractivity contribution in [2.24, 2.45) is 0 Å². The summed E-state index contributed by atoms with van der Waals surface area (Å²) in [7, 11) is 1.78. The number of thiazole rings is 1. The van der Waals surface area contributed by atoms with Gasteiger partial charge in [0.15, 0.2) is 5.13 Å². The van der Waals surface area contributed by atoms with Crippen LogP contribution in [0.25, 0.3) is 11.3 Å². The molecule has 20 heavy (non-hydrogen) atoms. The number of hydrogen-bond acceptors (Lipinski definition) is 5. The molecule has 1 heterocycles. The molecule has 2 rings (SSSR count). The minimum Gasteiger partial charge on any atom is -0.508 e. The van der Waals surface area contributed by atoms with Crippen molar-refractivity contribution in [3.05, 3.63) is 29.1 Å². The maximum Gasteiger partial charge on any atom is 0.303 e. The standard InChI is InChI=1S/C14H16N2O3S/c1-8(7-11(18)19)13-12(16-14(15-2)20-13)9-3-5-10(17)6-4-9/h3-6,8,17H,7H2,1-2H3,(H,15,16)(H,18,19). The highest BCUT2D eigenvalue weighted by molar-refractivity contribution is 7.16. The predicted molar refractivity (Wildman–Crippen MR) is 79.4 cm³/mol. The van der Waals surface area contributed by atoms with Gasteiger partial charge >= 0.3 is 5.97 Å². The first-order chi connectivity index (χ1) is 9.51. The van der Waals surface area contributed by atoms with E-state index in [4.69, 9.17) is 5.11 Å². The zero-order valence-corrected chi connectivity index (χ0v) is 12.1. The number of hydrogen-bond donors (Lipinski definition) is 3. The Labute approximate surface area is 120 Å². The van der Waals surface area contributed by atoms with Gasteiger partial charge in [0, 0.05) is 23.4 Å². The Balaban J connectivity index is 2.43. The van der Waals surface area contributed by atoms with Crippen LogP contribution in [0.5, 0.6) is 5.75 Å². The summed E-state index contributed by atoms with van der Waals surface area (Å²) in [6.45, 7) is 1.88. The van der Waals surface area contributed by atoms with Crippen LogP contribution in [0.4, 0.5) is 5.13 Å². The molecule has 5 nitrogen and oxygen atoms in total. The summed E-state index contributed by atoms with van der Waals surface area (Å²) in [5.41, 5.74) is 1.64. The number of carboxylic acids is 1. The number of benzene rings is 1. The van der Waals surface area contributed by atoms with Crippen LogP contribution in [0.15, 0.2) is 24.3 Å². The number of phenolic OH excluding ortho intramolecular Hbond substituents is 1. The molecule has 106 valence electrons. The number of nitrogens with zero attached hydrogens (tertiary/aromatic N) is 1. The van der Waals surface area contributed by atoms with Gasteiger partial charge < -0.3 is 15.5 Å². The average Bonchev–Trinajstić information content (AvgIpc) is 2.83. The van der Waals surface area contributed by atoms with Crippen LogP contribution >= 0.6 is 11.3 Å². The van der Waals surface area contributed by atoms with Gasteiger partial charge in [0.05, 0.1) is 12.1 Å². The molecule has 1 aromatic carbocycles. The lowest BCUT2D eigenvalue weighted by atomic mass is 10.0. The fourth-order valence-corrected chi connectivity index (χ4v) is 2.95. The molecule has 0 fully saturated rings. The van der Waals surface area contributed by atoms with Gasteiger partial charge in [-0.3, -0.25) is 4.79 Å². The number of phenols is 1. The third kappa shape index (κ3) is 3.08. The minimum atomic E-state index is -0.825. The van der Waals surface area contributed by atoms with Crippen LogP contribution in [0.2, 0.25) is 0 Å². The quantitative estimate of drug-likeness (QED) is 0.788. The van der Waals surface area contributed by atoms with Crippen molar-refractivity contribution in [2.75, 3.05) is 12.4 Å². The lowest BCUT2D eigenvalue weighted by Gasteiger charge is -2.08. The second-order valence-corrected chi connectivity index (χ2v) is 5.56. The smallest absolute Gasteiger partial charge is 0.303 e. The van der Waals surface area contributed by atoms with Crippen molar-refractivity contribution in [3.63, 3.8) is 0 Å². The summed E-state index contributed by atoms with van der Waals surface area (Å²) < 4.78 is 0. The molecule has 0 spiro atoms. The number of aromatic nitrogens is 1. The first-order valence-corrected chi connectivity index (χ1v) is 7.02. The van der Waals surface area contributed by atoms with Crippen LogP contribution in [0.3, 0.4) is 0 Å². The zero-order valence-electron chi connectivity index (χ0n) is 11.3. The zero-order chi connectivity index (χ0) is 14.7. The number of nitrogens with one attached hydrogen (secondary N) is 1. The molecule has 2 aromatic rings. The van der Waals surface area contributed by atoms with E-state index in [0.717, 1.165) is 21.3 Å². The highest BCUT2D eigenvalue weighted by Crippen LogP contribution is 2.37. The van der Waals surface area contributed by atoms with Gasteiger partial charge in [0.2, 0.25) is 0 Å². The van der Waals surface area contributed by atoms with E-state index in [9.17, 15) is 9.90 Å². The van der Waals surface area contributed by atoms with Gasteiger partial charge in [-0.05, 0) is 24.3 Å². The Morgan fingerprint density at radius 2 is 2.05 bits per heavy atom. The van der Waals surface area contributed by atoms with E-state index in [1.807, 2.05) is 6.92 Å². The SMILES string of the molecule is CNc1nc(-c2ccc(O)cc2)c(C(C)CC(=O)O)s1. The molecule has 0 aliphatic rings. The molecule has 0 amide bonds. The Hall–Kier alpha value is -2.08. The van der Waals surface area contributed by atoms with Crippen LogP contribution < -0.4 is 5.32 Å². The molecular formula is C14H16N2O3S. The Morgan fingerprint density at radius 1 is 1.40 bits per heavy atom. The molecule has 1 unspecified atom stereocenters. The second-order valence-electron chi connectivity index (χ2n) is 4.53. The molecule has 0 aliphatic carbocycles. The summed E-state index contributed by atoms with van der Waals surface area (Å²) in [5.74, 6) is -0.748. The first-order valence-electron chi connectivity index (χ1n) is 6.21. The lowest BCUT2D eigenvalue weighted by Crippen LogP contribution is -2.02. The minimum absolute atomic E-state index is 0.0659. The molecule has 0 saturated heterocycles. The largest absolute Gasteiger partial charge is 0.508 e. The highest BCUT2D eigenvalue weighted by Gasteiger charge is 2.20. The van der Waals surface area contributed by atoms with E-state index in [2.05, 4.69) is 10.3 Å². The average molecular weight is 292 g/mol. The molecular weight excluding hydrogens is 276 g/mol. The number of carboxylic acid groups (broad SMARTS) is 1.